The number of carbonyl (C=O) groups is 1. The zero-order chi connectivity index (χ0) is 24.7. The number of para-hydroxylation sites is 1. The minimum atomic E-state index is -3.87. The van der Waals surface area contributed by atoms with Crippen LogP contribution in [0.3, 0.4) is 0 Å². The van der Waals surface area contributed by atoms with Crippen LogP contribution in [0.2, 0.25) is 0 Å². The van der Waals surface area contributed by atoms with Crippen LogP contribution in [0.15, 0.2) is 82.6 Å². The van der Waals surface area contributed by atoms with Gasteiger partial charge in [0.15, 0.2) is 0 Å². The zero-order valence-electron chi connectivity index (χ0n) is 18.7. The van der Waals surface area contributed by atoms with Crippen LogP contribution >= 0.6 is 0 Å². The molecule has 2 unspecified atom stereocenters. The summed E-state index contributed by atoms with van der Waals surface area (Å²) in [6.45, 7) is 3.60. The predicted molar refractivity (Wildman–Crippen MR) is 129 cm³/mol. The van der Waals surface area contributed by atoms with Gasteiger partial charge >= 0.3 is 0 Å². The second-order valence-corrected chi connectivity index (χ2v) is 11.7. The average Bonchev–Trinajstić information content (AvgIpc) is 3.15. The lowest BCUT2D eigenvalue weighted by molar-refractivity contribution is 0.0939. The fourth-order valence-corrected chi connectivity index (χ4v) is 6.38. The van der Waals surface area contributed by atoms with Crippen molar-refractivity contribution in [1.29, 1.82) is 0 Å². The van der Waals surface area contributed by atoms with Gasteiger partial charge in [0.1, 0.15) is 0 Å². The predicted octanol–water partition coefficient (Wildman–Crippen LogP) is 2.96. The third-order valence-electron chi connectivity index (χ3n) is 5.85. The Kier molecular flexibility index (Phi) is 6.24. The number of nitrogens with zero attached hydrogens (tertiary/aromatic N) is 1. The van der Waals surface area contributed by atoms with E-state index < -0.39 is 32.0 Å². The van der Waals surface area contributed by atoms with Crippen molar-refractivity contribution in [3.63, 3.8) is 0 Å². The summed E-state index contributed by atoms with van der Waals surface area (Å²) in [5.74, 6) is -0.449. The molecule has 0 aromatic heterocycles. The van der Waals surface area contributed by atoms with E-state index in [1.54, 1.807) is 43.3 Å². The van der Waals surface area contributed by atoms with E-state index in [-0.39, 0.29) is 21.4 Å². The molecule has 3 aromatic carbocycles. The molecule has 10 heteroatoms. The summed E-state index contributed by atoms with van der Waals surface area (Å²) >= 11 is 0. The fourth-order valence-electron chi connectivity index (χ4n) is 4.12. The molecule has 1 heterocycles. The number of hydrogen-bond acceptors (Lipinski definition) is 5. The van der Waals surface area contributed by atoms with E-state index in [4.69, 9.17) is 5.14 Å². The Morgan fingerprint density at radius 3 is 2.32 bits per heavy atom. The Labute approximate surface area is 199 Å². The molecule has 0 radical (unpaired) electrons. The molecule has 3 aromatic rings. The minimum Gasteiger partial charge on any atom is -0.346 e. The van der Waals surface area contributed by atoms with Crippen LogP contribution in [0.5, 0.6) is 0 Å². The number of primary sulfonamides is 1. The molecule has 3 N–H and O–H groups in total. The first-order valence-electron chi connectivity index (χ1n) is 10.6. The van der Waals surface area contributed by atoms with Crippen molar-refractivity contribution >= 4 is 31.6 Å². The molecule has 0 saturated carbocycles. The second kappa shape index (κ2) is 8.86. The second-order valence-electron chi connectivity index (χ2n) is 8.32. The number of carbonyl (C=O) groups excluding carboxylic acids is 1. The molecule has 0 bridgehead atoms. The van der Waals surface area contributed by atoms with Crippen molar-refractivity contribution in [2.45, 2.75) is 42.1 Å². The maximum atomic E-state index is 13.5. The summed E-state index contributed by atoms with van der Waals surface area (Å²) in [6.07, 6.45) is 0.622. The van der Waals surface area contributed by atoms with Gasteiger partial charge in [0, 0.05) is 11.6 Å². The van der Waals surface area contributed by atoms with Gasteiger partial charge in [0.05, 0.1) is 21.5 Å². The highest BCUT2D eigenvalue weighted by atomic mass is 32.2. The van der Waals surface area contributed by atoms with Crippen molar-refractivity contribution < 1.29 is 21.6 Å². The minimum absolute atomic E-state index is 0.0228. The molecule has 34 heavy (non-hydrogen) atoms. The Balaban J connectivity index is 1.56. The maximum Gasteiger partial charge on any atom is 0.264 e. The molecule has 1 amide bonds. The lowest BCUT2D eigenvalue weighted by Crippen LogP contribution is -2.36. The maximum absolute atomic E-state index is 13.5. The lowest BCUT2D eigenvalue weighted by Gasteiger charge is -2.24. The molecule has 178 valence electrons. The van der Waals surface area contributed by atoms with Gasteiger partial charge in [0.2, 0.25) is 10.0 Å². The SMILES string of the molecule is CC(NC(=O)c1cccc(S(=O)(=O)N2c3ccccc3CC2C)c1)c1ccc(S(N)(=O)=O)cc1. The van der Waals surface area contributed by atoms with Gasteiger partial charge in [-0.15, -0.1) is 0 Å². The normalized spacial score (nSPS) is 16.7. The summed E-state index contributed by atoms with van der Waals surface area (Å²) in [5.41, 5.74) is 2.50. The molecule has 4 rings (SSSR count). The van der Waals surface area contributed by atoms with Crippen LogP contribution < -0.4 is 14.8 Å². The molecule has 0 aliphatic carbocycles. The summed E-state index contributed by atoms with van der Waals surface area (Å²) in [7, 11) is -7.68. The van der Waals surface area contributed by atoms with Crippen molar-refractivity contribution in [2.24, 2.45) is 5.14 Å². The highest BCUT2D eigenvalue weighted by Crippen LogP contribution is 2.36. The van der Waals surface area contributed by atoms with Crippen LogP contribution in [0.25, 0.3) is 0 Å². The Bertz CT molecular complexity index is 1450. The Hall–Kier alpha value is -3.21. The van der Waals surface area contributed by atoms with Gasteiger partial charge in [-0.25, -0.2) is 22.0 Å². The fraction of sp³-hybridized carbons (Fsp3) is 0.208. The summed E-state index contributed by atoms with van der Waals surface area (Å²) < 4.78 is 51.2. The highest BCUT2D eigenvalue weighted by Gasteiger charge is 2.36. The van der Waals surface area contributed by atoms with Crippen molar-refractivity contribution in [3.8, 4) is 0 Å². The number of nitrogens with one attached hydrogen (secondary N) is 1. The van der Waals surface area contributed by atoms with E-state index in [0.29, 0.717) is 17.7 Å². The van der Waals surface area contributed by atoms with Gasteiger partial charge in [-0.05, 0) is 67.8 Å². The van der Waals surface area contributed by atoms with Crippen LogP contribution in [0.4, 0.5) is 5.69 Å². The zero-order valence-corrected chi connectivity index (χ0v) is 20.3. The number of benzene rings is 3. The Morgan fingerprint density at radius 1 is 0.971 bits per heavy atom. The van der Waals surface area contributed by atoms with Crippen LogP contribution in [0, 0.1) is 0 Å². The third-order valence-corrected chi connectivity index (χ3v) is 8.71. The standard InChI is InChI=1S/C24H25N3O5S2/c1-16-14-19-6-3-4-9-23(19)27(16)34(31,32)22-8-5-7-20(15-22)24(28)26-17(2)18-10-12-21(13-11-18)33(25,29)30/h3-13,15-17H,14H2,1-2H3,(H,26,28)(H2,25,29,30). The Morgan fingerprint density at radius 2 is 1.65 bits per heavy atom. The summed E-state index contributed by atoms with van der Waals surface area (Å²) in [4.78, 5) is 12.9. The van der Waals surface area contributed by atoms with Gasteiger partial charge in [0.25, 0.3) is 15.9 Å². The third kappa shape index (κ3) is 4.56. The number of rotatable bonds is 6. The van der Waals surface area contributed by atoms with E-state index in [0.717, 1.165) is 5.56 Å². The van der Waals surface area contributed by atoms with Gasteiger partial charge in [-0.1, -0.05) is 36.4 Å². The summed E-state index contributed by atoms with van der Waals surface area (Å²) in [5, 5.41) is 7.93. The van der Waals surface area contributed by atoms with E-state index in [2.05, 4.69) is 5.32 Å². The molecule has 0 spiro atoms. The van der Waals surface area contributed by atoms with E-state index in [9.17, 15) is 21.6 Å². The molecule has 1 aliphatic rings. The molecule has 2 atom stereocenters. The van der Waals surface area contributed by atoms with Crippen molar-refractivity contribution in [1.82, 2.24) is 5.32 Å². The highest BCUT2D eigenvalue weighted by molar-refractivity contribution is 7.93. The van der Waals surface area contributed by atoms with Crippen LogP contribution in [-0.2, 0) is 26.5 Å². The first-order chi connectivity index (χ1) is 16.0. The topological polar surface area (TPSA) is 127 Å². The number of amides is 1. The first kappa shape index (κ1) is 23.9. The molecular weight excluding hydrogens is 474 g/mol. The first-order valence-corrected chi connectivity index (χ1v) is 13.6. The number of fused-ring (bicyclic) bond motifs is 1. The molecule has 0 saturated heterocycles. The largest absolute Gasteiger partial charge is 0.346 e. The van der Waals surface area contributed by atoms with Gasteiger partial charge in [-0.3, -0.25) is 9.10 Å². The van der Waals surface area contributed by atoms with E-state index >= 15 is 0 Å². The van der Waals surface area contributed by atoms with E-state index in [1.165, 1.54) is 28.6 Å². The molecule has 0 fully saturated rings. The van der Waals surface area contributed by atoms with Gasteiger partial charge in [-0.2, -0.15) is 0 Å². The number of nitrogens with two attached hydrogens (primary N) is 1. The van der Waals surface area contributed by atoms with Crippen molar-refractivity contribution in [3.05, 3.63) is 89.5 Å². The molecular formula is C24H25N3O5S2. The summed E-state index contributed by atoms with van der Waals surface area (Å²) in [6, 6.07) is 18.5. The van der Waals surface area contributed by atoms with E-state index in [1.807, 2.05) is 19.1 Å². The van der Waals surface area contributed by atoms with Crippen LogP contribution in [0.1, 0.15) is 41.4 Å². The smallest absolute Gasteiger partial charge is 0.264 e. The number of hydrogen-bond donors (Lipinski definition) is 2. The monoisotopic (exact) mass is 499 g/mol. The number of sulfonamides is 2. The van der Waals surface area contributed by atoms with Gasteiger partial charge < -0.3 is 5.32 Å². The van der Waals surface area contributed by atoms with Crippen molar-refractivity contribution in [2.75, 3.05) is 4.31 Å². The quantitative estimate of drug-likeness (QED) is 0.539. The lowest BCUT2D eigenvalue weighted by atomic mass is 10.1. The van der Waals surface area contributed by atoms with Crippen LogP contribution in [-0.4, -0.2) is 28.8 Å². The molecule has 1 aliphatic heterocycles. The number of anilines is 1. The average molecular weight is 500 g/mol. The molecule has 8 nitrogen and oxygen atoms in total.